The summed E-state index contributed by atoms with van der Waals surface area (Å²) < 4.78 is 40.0. The van der Waals surface area contributed by atoms with Crippen LogP contribution in [-0.4, -0.2) is 107 Å². The van der Waals surface area contributed by atoms with Gasteiger partial charge in [-0.25, -0.2) is 4.39 Å². The van der Waals surface area contributed by atoms with E-state index in [2.05, 4.69) is 10.4 Å². The fraction of sp³-hybridized carbons (Fsp3) is 0.375. The Balaban J connectivity index is 1.08. The lowest BCUT2D eigenvalue weighted by Gasteiger charge is -2.39. The summed E-state index contributed by atoms with van der Waals surface area (Å²) in [5, 5.41) is 7.18. The Morgan fingerprint density at radius 3 is 2.71 bits per heavy atom. The number of hydrogen-bond acceptors (Lipinski definition) is 9. The highest BCUT2D eigenvalue weighted by atomic mass is 19.1. The summed E-state index contributed by atoms with van der Waals surface area (Å²) in [5.74, 6) is -0.340. The first-order valence-corrected chi connectivity index (χ1v) is 18.3. The van der Waals surface area contributed by atoms with Gasteiger partial charge in [0.2, 0.25) is 18.6 Å². The number of fused-ring (bicyclic) bond motifs is 6. The van der Waals surface area contributed by atoms with Crippen molar-refractivity contribution in [1.82, 2.24) is 29.8 Å². The second-order valence-corrected chi connectivity index (χ2v) is 14.0. The highest BCUT2D eigenvalue weighted by Crippen LogP contribution is 2.33. The van der Waals surface area contributed by atoms with Gasteiger partial charge in [0.05, 0.1) is 25.3 Å². The number of aryl methyl sites for hydroxylation is 2. The number of ether oxygens (including phenoxy) is 4. The van der Waals surface area contributed by atoms with Crippen LogP contribution in [0, 0.1) is 5.82 Å². The number of piperidine rings is 1. The molecule has 7 rings (SSSR count). The normalized spacial score (nSPS) is 18.3. The lowest BCUT2D eigenvalue weighted by atomic mass is 10.00. The van der Waals surface area contributed by atoms with E-state index < -0.39 is 29.8 Å². The summed E-state index contributed by atoms with van der Waals surface area (Å²) in [4.78, 5) is 58.8. The summed E-state index contributed by atoms with van der Waals surface area (Å²) in [7, 11) is 3.15. The van der Waals surface area contributed by atoms with Crippen LogP contribution in [0.25, 0.3) is 0 Å². The molecule has 0 aliphatic carbocycles. The molecule has 1 fully saturated rings. The summed E-state index contributed by atoms with van der Waals surface area (Å²) in [6.45, 7) is 1.51. The second-order valence-electron chi connectivity index (χ2n) is 14.0. The first kappa shape index (κ1) is 37.4. The van der Waals surface area contributed by atoms with Crippen molar-refractivity contribution in [2.24, 2.45) is 0 Å². The fourth-order valence-corrected chi connectivity index (χ4v) is 6.99. The molecule has 14 nitrogen and oxygen atoms in total. The van der Waals surface area contributed by atoms with Crippen LogP contribution in [0.4, 0.5) is 4.39 Å². The molecule has 55 heavy (non-hydrogen) atoms. The van der Waals surface area contributed by atoms with Gasteiger partial charge in [-0.15, -0.1) is 0 Å². The SMILES string of the molecule is CN(CCCn1cccn1)C(=O)c1cc2cc(c1)C(=O)N(C)CC(=O)N[C@@H]1CN(C(=O)CCc3ccc4c(c3)OCO4)CC[C@@H]1OCc1cc(F)cc(c1)O2. The van der Waals surface area contributed by atoms with Crippen molar-refractivity contribution in [1.29, 1.82) is 0 Å². The van der Waals surface area contributed by atoms with Crippen LogP contribution in [0.2, 0.25) is 0 Å². The molecule has 4 bridgehead atoms. The summed E-state index contributed by atoms with van der Waals surface area (Å²) in [6, 6.07) is 15.4. The monoisotopic (exact) mass is 754 g/mol. The number of halogens is 1. The van der Waals surface area contributed by atoms with Crippen molar-refractivity contribution >= 4 is 23.6 Å². The smallest absolute Gasteiger partial charge is 0.254 e. The average molecular weight is 755 g/mol. The number of rotatable bonds is 8. The standard InChI is InChI=1S/C40H43FN6O8/c1-44(11-4-13-47-12-3-10-42-47)39(50)28-18-29-20-32(19-28)55-31-16-27(15-30(41)21-31)24-52-34-9-14-46(22-33(34)43-37(48)23-45(2)40(29)51)38(49)8-6-26-5-7-35-36(17-26)54-25-53-35/h3,5,7,10,12,15-21,33-34H,4,6,8-9,11,13-14,22-25H2,1-2H3,(H,43,48)/t33-,34+/m1/s1. The second kappa shape index (κ2) is 16.6. The Morgan fingerprint density at radius 2 is 1.87 bits per heavy atom. The quantitative estimate of drug-likeness (QED) is 0.282. The molecule has 1 N–H and O–H groups in total. The van der Waals surface area contributed by atoms with Crippen molar-refractivity contribution in [2.75, 3.05) is 47.1 Å². The highest BCUT2D eigenvalue weighted by Gasteiger charge is 2.34. The third-order valence-corrected chi connectivity index (χ3v) is 9.86. The van der Waals surface area contributed by atoms with Crippen LogP contribution in [-0.2, 0) is 33.9 Å². The number of likely N-dealkylation sites (N-methyl/N-ethyl adjacent to an activating group) is 1. The van der Waals surface area contributed by atoms with Crippen LogP contribution in [0.3, 0.4) is 0 Å². The Morgan fingerprint density at radius 1 is 1.04 bits per heavy atom. The van der Waals surface area contributed by atoms with Gasteiger partial charge in [0.1, 0.15) is 17.3 Å². The molecule has 0 saturated carbocycles. The fourth-order valence-electron chi connectivity index (χ4n) is 6.99. The first-order valence-electron chi connectivity index (χ1n) is 18.3. The minimum absolute atomic E-state index is 0.00864. The summed E-state index contributed by atoms with van der Waals surface area (Å²) >= 11 is 0. The van der Waals surface area contributed by atoms with E-state index in [1.165, 1.54) is 42.3 Å². The minimum Gasteiger partial charge on any atom is -0.457 e. The molecule has 3 aliphatic heterocycles. The van der Waals surface area contributed by atoms with Gasteiger partial charge in [0, 0.05) is 76.3 Å². The Hall–Kier alpha value is -5.96. The molecule has 2 atom stereocenters. The maximum absolute atomic E-state index is 15.0. The predicted octanol–water partition coefficient (Wildman–Crippen LogP) is 4.03. The first-order chi connectivity index (χ1) is 26.6. The van der Waals surface area contributed by atoms with Gasteiger partial charge >= 0.3 is 0 Å². The van der Waals surface area contributed by atoms with Gasteiger partial charge in [-0.1, -0.05) is 6.07 Å². The van der Waals surface area contributed by atoms with E-state index in [0.29, 0.717) is 56.0 Å². The van der Waals surface area contributed by atoms with Gasteiger partial charge < -0.3 is 39.0 Å². The molecule has 0 unspecified atom stereocenters. The zero-order valence-corrected chi connectivity index (χ0v) is 30.7. The van der Waals surface area contributed by atoms with Gasteiger partial charge in [0.15, 0.2) is 11.5 Å². The predicted molar refractivity (Wildman–Crippen MR) is 196 cm³/mol. The van der Waals surface area contributed by atoms with Crippen molar-refractivity contribution in [2.45, 2.75) is 51.0 Å². The molecule has 4 heterocycles. The van der Waals surface area contributed by atoms with Gasteiger partial charge in [-0.3, -0.25) is 23.9 Å². The number of likely N-dealkylation sites (tertiary alicyclic amines) is 1. The molecule has 0 radical (unpaired) electrons. The molecular weight excluding hydrogens is 711 g/mol. The topological polar surface area (TPSA) is 145 Å². The molecular formula is C40H43FN6O8. The molecule has 4 amide bonds. The number of carbonyl (C=O) groups is 4. The van der Waals surface area contributed by atoms with E-state index in [0.717, 1.165) is 5.56 Å². The Labute approximate surface area is 317 Å². The minimum atomic E-state index is -0.604. The maximum Gasteiger partial charge on any atom is 0.254 e. The number of amides is 4. The van der Waals surface area contributed by atoms with Crippen LogP contribution in [0.15, 0.2) is 73.1 Å². The third kappa shape index (κ3) is 9.23. The zero-order valence-electron chi connectivity index (χ0n) is 30.7. The lowest BCUT2D eigenvalue weighted by Crippen LogP contribution is -2.58. The highest BCUT2D eigenvalue weighted by molar-refractivity contribution is 6.01. The lowest BCUT2D eigenvalue weighted by molar-refractivity contribution is -0.137. The molecule has 288 valence electrons. The number of hydrogen-bond donors (Lipinski definition) is 1. The molecule has 15 heteroatoms. The molecule has 0 spiro atoms. The van der Waals surface area contributed by atoms with Crippen LogP contribution in [0.5, 0.6) is 23.0 Å². The molecule has 3 aliphatic rings. The van der Waals surface area contributed by atoms with E-state index >= 15 is 0 Å². The number of nitrogens with zero attached hydrogens (tertiary/aromatic N) is 5. The molecule has 3 aromatic carbocycles. The van der Waals surface area contributed by atoms with Crippen LogP contribution < -0.4 is 19.5 Å². The Kier molecular flexibility index (Phi) is 11.3. The van der Waals surface area contributed by atoms with Gasteiger partial charge in [-0.2, -0.15) is 5.10 Å². The van der Waals surface area contributed by atoms with Crippen molar-refractivity contribution in [3.05, 3.63) is 101 Å². The molecule has 1 aromatic heterocycles. The van der Waals surface area contributed by atoms with Crippen LogP contribution >= 0.6 is 0 Å². The molecule has 1 saturated heterocycles. The van der Waals surface area contributed by atoms with E-state index in [-0.39, 0.29) is 67.4 Å². The zero-order chi connectivity index (χ0) is 38.5. The molecule has 4 aromatic rings. The van der Waals surface area contributed by atoms with E-state index in [1.54, 1.807) is 33.8 Å². The third-order valence-electron chi connectivity index (χ3n) is 9.86. The number of aromatic nitrogens is 2. The number of benzene rings is 3. The van der Waals surface area contributed by atoms with Gasteiger partial charge in [-0.05, 0) is 78.9 Å². The summed E-state index contributed by atoms with van der Waals surface area (Å²) in [6.07, 6.45) is 4.85. The van der Waals surface area contributed by atoms with Crippen molar-refractivity contribution in [3.63, 3.8) is 0 Å². The van der Waals surface area contributed by atoms with Crippen molar-refractivity contribution < 1.29 is 42.5 Å². The van der Waals surface area contributed by atoms with Crippen molar-refractivity contribution in [3.8, 4) is 23.0 Å². The maximum atomic E-state index is 15.0. The number of nitrogens with one attached hydrogen (secondary N) is 1. The number of carbonyl (C=O) groups excluding carboxylic acids is 4. The Bertz CT molecular complexity index is 2060. The van der Waals surface area contributed by atoms with E-state index in [4.69, 9.17) is 18.9 Å². The summed E-state index contributed by atoms with van der Waals surface area (Å²) in [5.41, 5.74) is 1.72. The average Bonchev–Trinajstić information content (AvgIpc) is 3.87. The van der Waals surface area contributed by atoms with E-state index in [1.807, 2.05) is 30.5 Å². The van der Waals surface area contributed by atoms with Gasteiger partial charge in [0.25, 0.3) is 11.8 Å². The van der Waals surface area contributed by atoms with E-state index in [9.17, 15) is 23.6 Å². The van der Waals surface area contributed by atoms with Crippen LogP contribution in [0.1, 0.15) is 51.1 Å². The largest absolute Gasteiger partial charge is 0.457 e.